The molecule has 2 fully saturated rings. The largest absolute Gasteiger partial charge is 0.508 e. The molecule has 108 valence electrons. The molecule has 2 unspecified atom stereocenters. The zero-order valence-electron chi connectivity index (χ0n) is 11.8. The number of ether oxygens (including phenoxy) is 1. The highest BCUT2D eigenvalue weighted by molar-refractivity contribution is 5.44. The minimum absolute atomic E-state index is 0.294. The minimum atomic E-state index is 0.294. The van der Waals surface area contributed by atoms with Gasteiger partial charge < -0.3 is 9.84 Å². The van der Waals surface area contributed by atoms with Crippen LogP contribution < -0.4 is 4.74 Å². The number of benzene rings is 1. The molecule has 0 saturated carbocycles. The quantitative estimate of drug-likeness (QED) is 0.849. The SMILES string of the molecule is Oc1ccc2c(c1)OCC2N1CCCN2CCCC2C1. The number of phenolic OH excluding ortho intramolecular Hbond substituents is 1. The van der Waals surface area contributed by atoms with Crippen LogP contribution in [0, 0.1) is 0 Å². The monoisotopic (exact) mass is 274 g/mol. The van der Waals surface area contributed by atoms with Crippen molar-refractivity contribution in [3.8, 4) is 11.5 Å². The van der Waals surface area contributed by atoms with Gasteiger partial charge in [0.15, 0.2) is 0 Å². The van der Waals surface area contributed by atoms with Crippen molar-refractivity contribution in [3.05, 3.63) is 23.8 Å². The Labute approximate surface area is 119 Å². The number of aromatic hydroxyl groups is 1. The van der Waals surface area contributed by atoms with E-state index in [0.29, 0.717) is 11.8 Å². The molecule has 4 rings (SSSR count). The van der Waals surface area contributed by atoms with E-state index < -0.39 is 0 Å². The zero-order chi connectivity index (χ0) is 13.5. The van der Waals surface area contributed by atoms with E-state index in [-0.39, 0.29) is 0 Å². The molecule has 20 heavy (non-hydrogen) atoms. The maximum Gasteiger partial charge on any atom is 0.127 e. The van der Waals surface area contributed by atoms with Gasteiger partial charge in [-0.05, 0) is 44.5 Å². The molecule has 1 aromatic carbocycles. The Morgan fingerprint density at radius 1 is 1.10 bits per heavy atom. The second-order valence-corrected chi connectivity index (χ2v) is 6.23. The first-order valence-corrected chi connectivity index (χ1v) is 7.75. The highest BCUT2D eigenvalue weighted by Crippen LogP contribution is 2.39. The molecule has 2 atom stereocenters. The fourth-order valence-electron chi connectivity index (χ4n) is 4.00. The van der Waals surface area contributed by atoms with E-state index in [4.69, 9.17) is 4.74 Å². The van der Waals surface area contributed by atoms with Crippen LogP contribution in [0.2, 0.25) is 0 Å². The number of rotatable bonds is 1. The first-order chi connectivity index (χ1) is 9.81. The van der Waals surface area contributed by atoms with Gasteiger partial charge in [0.05, 0.1) is 6.04 Å². The molecule has 4 heteroatoms. The molecular weight excluding hydrogens is 252 g/mol. The van der Waals surface area contributed by atoms with Crippen LogP contribution in [-0.4, -0.2) is 53.7 Å². The van der Waals surface area contributed by atoms with Crippen molar-refractivity contribution in [2.75, 3.05) is 32.8 Å². The Hall–Kier alpha value is -1.26. The van der Waals surface area contributed by atoms with Crippen molar-refractivity contribution in [2.24, 2.45) is 0 Å². The lowest BCUT2D eigenvalue weighted by molar-refractivity contribution is 0.148. The van der Waals surface area contributed by atoms with E-state index in [1.807, 2.05) is 6.07 Å². The van der Waals surface area contributed by atoms with Gasteiger partial charge in [-0.25, -0.2) is 0 Å². The van der Waals surface area contributed by atoms with Gasteiger partial charge in [-0.3, -0.25) is 9.80 Å². The molecular formula is C16H22N2O2. The normalized spacial score (nSPS) is 30.6. The van der Waals surface area contributed by atoms with E-state index in [1.54, 1.807) is 12.1 Å². The Kier molecular flexibility index (Phi) is 3.08. The summed E-state index contributed by atoms with van der Waals surface area (Å²) in [6.07, 6.45) is 3.94. The fraction of sp³-hybridized carbons (Fsp3) is 0.625. The summed E-state index contributed by atoms with van der Waals surface area (Å²) in [7, 11) is 0. The van der Waals surface area contributed by atoms with Crippen molar-refractivity contribution < 1.29 is 9.84 Å². The van der Waals surface area contributed by atoms with Gasteiger partial charge in [0.2, 0.25) is 0 Å². The van der Waals surface area contributed by atoms with Crippen LogP contribution in [0.1, 0.15) is 30.9 Å². The third-order valence-corrected chi connectivity index (χ3v) is 5.03. The van der Waals surface area contributed by atoms with E-state index >= 15 is 0 Å². The summed E-state index contributed by atoms with van der Waals surface area (Å²) in [5.74, 6) is 1.16. The molecule has 0 amide bonds. The summed E-state index contributed by atoms with van der Waals surface area (Å²) in [4.78, 5) is 5.26. The topological polar surface area (TPSA) is 35.9 Å². The summed E-state index contributed by atoms with van der Waals surface area (Å²) in [5.41, 5.74) is 1.24. The first kappa shape index (κ1) is 12.5. The molecule has 0 bridgehead atoms. The van der Waals surface area contributed by atoms with Crippen LogP contribution in [0.3, 0.4) is 0 Å². The number of fused-ring (bicyclic) bond motifs is 2. The van der Waals surface area contributed by atoms with Gasteiger partial charge in [-0.2, -0.15) is 0 Å². The van der Waals surface area contributed by atoms with E-state index in [0.717, 1.165) is 31.5 Å². The standard InChI is InChI=1S/C16H22N2O2/c19-13-4-5-14-15(11-20-16(14)9-13)18-8-2-7-17-6-1-3-12(17)10-18/h4-5,9,12,15,19H,1-3,6-8,10-11H2. The smallest absolute Gasteiger partial charge is 0.127 e. The van der Waals surface area contributed by atoms with Crippen molar-refractivity contribution in [1.82, 2.24) is 9.80 Å². The van der Waals surface area contributed by atoms with Gasteiger partial charge in [-0.1, -0.05) is 0 Å². The van der Waals surface area contributed by atoms with Gasteiger partial charge in [0, 0.05) is 30.8 Å². The summed E-state index contributed by atoms with van der Waals surface area (Å²) >= 11 is 0. The average Bonchev–Trinajstić information content (AvgIpc) is 3.00. The molecule has 3 aliphatic rings. The second kappa shape index (κ2) is 4.93. The summed E-state index contributed by atoms with van der Waals surface area (Å²) in [6.45, 7) is 5.57. The van der Waals surface area contributed by atoms with Gasteiger partial charge in [0.25, 0.3) is 0 Å². The fourth-order valence-corrected chi connectivity index (χ4v) is 4.00. The number of nitrogens with zero attached hydrogens (tertiary/aromatic N) is 2. The molecule has 0 radical (unpaired) electrons. The van der Waals surface area contributed by atoms with Crippen molar-refractivity contribution in [3.63, 3.8) is 0 Å². The molecule has 1 aromatic rings. The molecule has 0 spiro atoms. The third kappa shape index (κ3) is 2.07. The Bertz CT molecular complexity index is 505. The van der Waals surface area contributed by atoms with Crippen LogP contribution in [0.15, 0.2) is 18.2 Å². The second-order valence-electron chi connectivity index (χ2n) is 6.23. The lowest BCUT2D eigenvalue weighted by Gasteiger charge is -2.29. The van der Waals surface area contributed by atoms with Gasteiger partial charge in [0.1, 0.15) is 18.1 Å². The van der Waals surface area contributed by atoms with Gasteiger partial charge >= 0.3 is 0 Å². The average molecular weight is 274 g/mol. The molecule has 3 heterocycles. The maximum absolute atomic E-state index is 9.56. The number of hydrogen-bond acceptors (Lipinski definition) is 4. The predicted octanol–water partition coefficient (Wildman–Crippen LogP) is 2.00. The maximum atomic E-state index is 9.56. The van der Waals surface area contributed by atoms with Crippen LogP contribution in [0.25, 0.3) is 0 Å². The third-order valence-electron chi connectivity index (χ3n) is 5.03. The van der Waals surface area contributed by atoms with Crippen LogP contribution in [-0.2, 0) is 0 Å². The zero-order valence-corrected chi connectivity index (χ0v) is 11.8. The Morgan fingerprint density at radius 3 is 2.90 bits per heavy atom. The van der Waals surface area contributed by atoms with Crippen molar-refractivity contribution in [2.45, 2.75) is 31.3 Å². The van der Waals surface area contributed by atoms with Crippen molar-refractivity contribution >= 4 is 0 Å². The van der Waals surface area contributed by atoms with Gasteiger partial charge in [-0.15, -0.1) is 0 Å². The molecule has 1 N–H and O–H groups in total. The van der Waals surface area contributed by atoms with Crippen LogP contribution >= 0.6 is 0 Å². The lowest BCUT2D eigenvalue weighted by Crippen LogP contribution is -2.38. The number of phenols is 1. The molecule has 3 aliphatic heterocycles. The molecule has 0 aliphatic carbocycles. The predicted molar refractivity (Wildman–Crippen MR) is 77.1 cm³/mol. The molecule has 0 aromatic heterocycles. The van der Waals surface area contributed by atoms with Crippen molar-refractivity contribution in [1.29, 1.82) is 0 Å². The summed E-state index contributed by atoms with van der Waals surface area (Å²) in [6, 6.07) is 6.65. The highest BCUT2D eigenvalue weighted by atomic mass is 16.5. The number of hydrogen-bond donors (Lipinski definition) is 1. The Balaban J connectivity index is 1.56. The van der Waals surface area contributed by atoms with Crippen LogP contribution in [0.4, 0.5) is 0 Å². The van der Waals surface area contributed by atoms with Crippen LogP contribution in [0.5, 0.6) is 11.5 Å². The summed E-state index contributed by atoms with van der Waals surface area (Å²) in [5, 5.41) is 9.56. The molecule has 4 nitrogen and oxygen atoms in total. The van der Waals surface area contributed by atoms with E-state index in [9.17, 15) is 5.11 Å². The summed E-state index contributed by atoms with van der Waals surface area (Å²) < 4.78 is 5.78. The minimum Gasteiger partial charge on any atom is -0.508 e. The highest BCUT2D eigenvalue weighted by Gasteiger charge is 2.35. The first-order valence-electron chi connectivity index (χ1n) is 7.75. The Morgan fingerprint density at radius 2 is 1.95 bits per heavy atom. The van der Waals surface area contributed by atoms with E-state index in [2.05, 4.69) is 9.80 Å². The van der Waals surface area contributed by atoms with E-state index in [1.165, 1.54) is 37.9 Å². The molecule has 2 saturated heterocycles. The lowest BCUT2D eigenvalue weighted by atomic mass is 10.1.